The summed E-state index contributed by atoms with van der Waals surface area (Å²) in [5.74, 6) is 0.329. The molecule has 0 spiro atoms. The lowest BCUT2D eigenvalue weighted by Crippen LogP contribution is -2.44. The highest BCUT2D eigenvalue weighted by Crippen LogP contribution is 2.47. The summed E-state index contributed by atoms with van der Waals surface area (Å²) in [5, 5.41) is 9.93. The molecule has 1 aliphatic heterocycles. The van der Waals surface area contributed by atoms with Gasteiger partial charge in [0.1, 0.15) is 0 Å². The van der Waals surface area contributed by atoms with Crippen LogP contribution in [-0.2, 0) is 5.41 Å². The number of rotatable bonds is 4. The van der Waals surface area contributed by atoms with Crippen LogP contribution < -0.4 is 9.47 Å². The molecule has 1 saturated heterocycles. The van der Waals surface area contributed by atoms with E-state index in [0.717, 1.165) is 18.5 Å². The Hall–Kier alpha value is -1.66. The Bertz CT molecular complexity index is 608. The lowest BCUT2D eigenvalue weighted by Gasteiger charge is -2.39. The summed E-state index contributed by atoms with van der Waals surface area (Å²) in [6.07, 6.45) is 4.85. The molecular formula is C17H21F2NO3. The fraction of sp³-hybridized carbons (Fsp3) is 0.529. The lowest BCUT2D eigenvalue weighted by molar-refractivity contribution is -0.0513. The van der Waals surface area contributed by atoms with Crippen LogP contribution in [0.25, 0.3) is 0 Å². The number of likely N-dealkylation sites (tertiary alicyclic amines) is 1. The van der Waals surface area contributed by atoms with Crippen LogP contribution in [-0.4, -0.2) is 49.5 Å². The molecule has 126 valence electrons. The number of aliphatic hydroxyl groups is 1. The van der Waals surface area contributed by atoms with Crippen molar-refractivity contribution < 1.29 is 23.4 Å². The summed E-state index contributed by atoms with van der Waals surface area (Å²) in [6.45, 7) is -2.01. The van der Waals surface area contributed by atoms with Crippen molar-refractivity contribution in [2.24, 2.45) is 0 Å². The zero-order valence-electron chi connectivity index (χ0n) is 13.2. The molecule has 2 aliphatic rings. The lowest BCUT2D eigenvalue weighted by atomic mass is 9.69. The standard InChI is InChI=1S/C17H21F2NO3/c1-20-8-7-17(6-5-12(21)10-15(17)20)11-3-4-13(22-2)14(9-11)23-16(18)19/h3-6,9,12,15-16,21H,7-8,10H2,1-2H3/t12-,15+,17+/m1/s1. The van der Waals surface area contributed by atoms with E-state index in [4.69, 9.17) is 4.74 Å². The van der Waals surface area contributed by atoms with Crippen molar-refractivity contribution in [3.8, 4) is 11.5 Å². The van der Waals surface area contributed by atoms with E-state index in [1.165, 1.54) is 7.11 Å². The van der Waals surface area contributed by atoms with Crippen LogP contribution >= 0.6 is 0 Å². The molecule has 3 atom stereocenters. The van der Waals surface area contributed by atoms with Crippen molar-refractivity contribution in [1.82, 2.24) is 4.90 Å². The number of ether oxygens (including phenoxy) is 2. The molecular weight excluding hydrogens is 304 g/mol. The van der Waals surface area contributed by atoms with Crippen LogP contribution in [0.15, 0.2) is 30.4 Å². The highest BCUT2D eigenvalue weighted by molar-refractivity contribution is 5.48. The highest BCUT2D eigenvalue weighted by atomic mass is 19.3. The summed E-state index contributed by atoms with van der Waals surface area (Å²) in [5.41, 5.74) is 0.618. The molecule has 0 aromatic heterocycles. The molecule has 0 radical (unpaired) electrons. The SMILES string of the molecule is COc1ccc([C@@]23C=C[C@@H](O)C[C@@H]2N(C)CC3)cc1OC(F)F. The van der Waals surface area contributed by atoms with Gasteiger partial charge in [0, 0.05) is 11.5 Å². The average Bonchev–Trinajstić information content (AvgIpc) is 2.85. The Kier molecular flexibility index (Phi) is 4.29. The number of fused-ring (bicyclic) bond motifs is 1. The van der Waals surface area contributed by atoms with Crippen LogP contribution in [0.1, 0.15) is 18.4 Å². The molecule has 1 aliphatic carbocycles. The third-order valence-electron chi connectivity index (χ3n) is 5.00. The largest absolute Gasteiger partial charge is 0.493 e. The van der Waals surface area contributed by atoms with Gasteiger partial charge in [0.15, 0.2) is 11.5 Å². The molecule has 0 bridgehead atoms. The minimum absolute atomic E-state index is 0.0437. The first-order valence-corrected chi connectivity index (χ1v) is 7.67. The van der Waals surface area contributed by atoms with Crippen LogP contribution in [0.2, 0.25) is 0 Å². The van der Waals surface area contributed by atoms with Gasteiger partial charge in [0.05, 0.1) is 13.2 Å². The van der Waals surface area contributed by atoms with E-state index in [2.05, 4.69) is 9.64 Å². The smallest absolute Gasteiger partial charge is 0.387 e. The normalized spacial score (nSPS) is 30.5. The van der Waals surface area contributed by atoms with Gasteiger partial charge >= 0.3 is 6.61 Å². The van der Waals surface area contributed by atoms with Gasteiger partial charge < -0.3 is 19.5 Å². The van der Waals surface area contributed by atoms with Gasteiger partial charge in [0.2, 0.25) is 0 Å². The molecule has 0 amide bonds. The van der Waals surface area contributed by atoms with Crippen molar-refractivity contribution in [3.05, 3.63) is 35.9 Å². The maximum atomic E-state index is 12.7. The zero-order chi connectivity index (χ0) is 16.6. The topological polar surface area (TPSA) is 41.9 Å². The minimum atomic E-state index is -2.90. The maximum absolute atomic E-state index is 12.7. The molecule has 1 fully saturated rings. The van der Waals surface area contributed by atoms with Crippen LogP contribution in [0.4, 0.5) is 8.78 Å². The van der Waals surface area contributed by atoms with E-state index in [9.17, 15) is 13.9 Å². The number of aliphatic hydroxyl groups excluding tert-OH is 1. The molecule has 1 N–H and O–H groups in total. The fourth-order valence-corrected chi connectivity index (χ4v) is 3.84. The molecule has 23 heavy (non-hydrogen) atoms. The van der Waals surface area contributed by atoms with Crippen molar-refractivity contribution in [3.63, 3.8) is 0 Å². The van der Waals surface area contributed by atoms with Crippen molar-refractivity contribution in [2.75, 3.05) is 20.7 Å². The number of hydrogen-bond acceptors (Lipinski definition) is 4. The van der Waals surface area contributed by atoms with Gasteiger partial charge in [-0.1, -0.05) is 18.2 Å². The Morgan fingerprint density at radius 1 is 1.35 bits per heavy atom. The Labute approximate surface area is 134 Å². The number of methoxy groups -OCH3 is 1. The van der Waals surface area contributed by atoms with E-state index in [0.29, 0.717) is 6.42 Å². The van der Waals surface area contributed by atoms with Crippen molar-refractivity contribution >= 4 is 0 Å². The predicted octanol–water partition coefficient (Wildman–Crippen LogP) is 2.56. The molecule has 4 nitrogen and oxygen atoms in total. The molecule has 1 aromatic carbocycles. The second-order valence-corrected chi connectivity index (χ2v) is 6.19. The molecule has 0 unspecified atom stereocenters. The summed E-state index contributed by atoms with van der Waals surface area (Å²) >= 11 is 0. The van der Waals surface area contributed by atoms with Gasteiger partial charge in [-0.3, -0.25) is 0 Å². The van der Waals surface area contributed by atoms with E-state index >= 15 is 0 Å². The number of benzene rings is 1. The first-order chi connectivity index (χ1) is 11.0. The first kappa shape index (κ1) is 16.2. The molecule has 1 heterocycles. The maximum Gasteiger partial charge on any atom is 0.387 e. The van der Waals surface area contributed by atoms with Crippen LogP contribution in [0.5, 0.6) is 11.5 Å². The summed E-state index contributed by atoms with van der Waals surface area (Å²) in [6, 6.07) is 5.33. The van der Waals surface area contributed by atoms with E-state index < -0.39 is 12.7 Å². The number of likely N-dealkylation sites (N-methyl/N-ethyl adjacent to an activating group) is 1. The second kappa shape index (κ2) is 6.09. The first-order valence-electron chi connectivity index (χ1n) is 7.67. The van der Waals surface area contributed by atoms with Gasteiger partial charge in [0.25, 0.3) is 0 Å². The Morgan fingerprint density at radius 2 is 2.13 bits per heavy atom. The molecule has 3 rings (SSSR count). The number of halogens is 2. The number of nitrogens with zero attached hydrogens (tertiary/aromatic N) is 1. The quantitative estimate of drug-likeness (QED) is 0.864. The monoisotopic (exact) mass is 325 g/mol. The van der Waals surface area contributed by atoms with E-state index in [-0.39, 0.29) is 23.0 Å². The summed E-state index contributed by atoms with van der Waals surface area (Å²) in [4.78, 5) is 2.21. The van der Waals surface area contributed by atoms with Crippen LogP contribution in [0, 0.1) is 0 Å². The third-order valence-corrected chi connectivity index (χ3v) is 5.00. The fourth-order valence-electron chi connectivity index (χ4n) is 3.84. The van der Waals surface area contributed by atoms with Gasteiger partial charge in [-0.15, -0.1) is 0 Å². The average molecular weight is 325 g/mol. The van der Waals surface area contributed by atoms with Gasteiger partial charge in [-0.05, 0) is 44.1 Å². The van der Waals surface area contributed by atoms with E-state index in [1.54, 1.807) is 18.2 Å². The van der Waals surface area contributed by atoms with Gasteiger partial charge in [-0.25, -0.2) is 0 Å². The third kappa shape index (κ3) is 2.81. The predicted molar refractivity (Wildman–Crippen MR) is 82.1 cm³/mol. The highest BCUT2D eigenvalue weighted by Gasteiger charge is 2.48. The molecule has 6 heteroatoms. The number of alkyl halides is 2. The van der Waals surface area contributed by atoms with Crippen molar-refractivity contribution in [2.45, 2.75) is 37.0 Å². The number of hydrogen-bond donors (Lipinski definition) is 1. The van der Waals surface area contributed by atoms with Crippen molar-refractivity contribution in [1.29, 1.82) is 0 Å². The second-order valence-electron chi connectivity index (χ2n) is 6.19. The van der Waals surface area contributed by atoms with E-state index in [1.807, 2.05) is 19.2 Å². The van der Waals surface area contributed by atoms with Crippen LogP contribution in [0.3, 0.4) is 0 Å². The summed E-state index contributed by atoms with van der Waals surface area (Å²) in [7, 11) is 3.45. The Morgan fingerprint density at radius 3 is 2.83 bits per heavy atom. The summed E-state index contributed by atoms with van der Waals surface area (Å²) < 4.78 is 35.0. The van der Waals surface area contributed by atoms with Gasteiger partial charge in [-0.2, -0.15) is 8.78 Å². The zero-order valence-corrected chi connectivity index (χ0v) is 13.2. The minimum Gasteiger partial charge on any atom is -0.493 e. The molecule has 0 saturated carbocycles. The molecule has 1 aromatic rings. The Balaban J connectivity index is 2.04.